The first-order valence-electron chi connectivity index (χ1n) is 7.58. The number of carbonyl (C=O) groups is 2. The average Bonchev–Trinajstić information content (AvgIpc) is 3.05. The Morgan fingerprint density at radius 1 is 1.45 bits per heavy atom. The Balaban J connectivity index is 1.80. The Morgan fingerprint density at radius 3 is 2.82 bits per heavy atom. The van der Waals surface area contributed by atoms with Gasteiger partial charge in [-0.15, -0.1) is 0 Å². The fourth-order valence-electron chi connectivity index (χ4n) is 2.97. The van der Waals surface area contributed by atoms with Crippen molar-refractivity contribution in [3.63, 3.8) is 0 Å². The standard InChI is InChI=1S/C15H24N4O3/c1-11-17-5-7-18(11)6-3-4-15(21)19-9-12(8-14(16)20)13(10-19)22-2/h5,7,12-13H,3-4,6,8-10H2,1-2H3,(H2,16,20)/t12-,13-/m0/s1. The number of primary amides is 1. The molecule has 0 radical (unpaired) electrons. The highest BCUT2D eigenvalue weighted by molar-refractivity contribution is 5.77. The maximum absolute atomic E-state index is 12.3. The van der Waals surface area contributed by atoms with Crippen LogP contribution in [-0.4, -0.2) is 52.6 Å². The summed E-state index contributed by atoms with van der Waals surface area (Å²) in [7, 11) is 1.61. The number of hydrogen-bond acceptors (Lipinski definition) is 4. The number of rotatable bonds is 7. The first-order chi connectivity index (χ1) is 10.5. The molecular weight excluding hydrogens is 284 g/mol. The van der Waals surface area contributed by atoms with E-state index in [2.05, 4.69) is 4.98 Å². The van der Waals surface area contributed by atoms with Gasteiger partial charge in [-0.05, 0) is 13.3 Å². The van der Waals surface area contributed by atoms with Crippen LogP contribution in [0.5, 0.6) is 0 Å². The second-order valence-electron chi connectivity index (χ2n) is 5.77. The van der Waals surface area contributed by atoms with Gasteiger partial charge in [0.1, 0.15) is 5.82 Å². The third kappa shape index (κ3) is 4.07. The summed E-state index contributed by atoms with van der Waals surface area (Å²) in [6.45, 7) is 3.81. The second kappa shape index (κ2) is 7.40. The monoisotopic (exact) mass is 308 g/mol. The van der Waals surface area contributed by atoms with E-state index in [1.807, 2.05) is 17.7 Å². The highest BCUT2D eigenvalue weighted by Crippen LogP contribution is 2.23. The molecule has 1 aromatic rings. The number of nitrogens with zero attached hydrogens (tertiary/aromatic N) is 3. The lowest BCUT2D eigenvalue weighted by Gasteiger charge is -2.16. The molecule has 0 unspecified atom stereocenters. The van der Waals surface area contributed by atoms with Crippen LogP contribution in [0.25, 0.3) is 0 Å². The van der Waals surface area contributed by atoms with Crippen LogP contribution in [0.4, 0.5) is 0 Å². The highest BCUT2D eigenvalue weighted by Gasteiger charge is 2.35. The van der Waals surface area contributed by atoms with E-state index in [4.69, 9.17) is 10.5 Å². The Hall–Kier alpha value is -1.89. The van der Waals surface area contributed by atoms with Gasteiger partial charge in [0.25, 0.3) is 0 Å². The molecule has 2 amide bonds. The number of amides is 2. The summed E-state index contributed by atoms with van der Waals surface area (Å²) in [6.07, 6.45) is 5.08. The molecule has 1 aliphatic rings. The van der Waals surface area contributed by atoms with Gasteiger partial charge in [-0.2, -0.15) is 0 Å². The molecule has 122 valence electrons. The Labute approximate surface area is 130 Å². The third-order valence-corrected chi connectivity index (χ3v) is 4.21. The third-order valence-electron chi connectivity index (χ3n) is 4.21. The predicted molar refractivity (Wildman–Crippen MR) is 80.9 cm³/mol. The molecule has 1 fully saturated rings. The molecule has 0 spiro atoms. The van der Waals surface area contributed by atoms with Gasteiger partial charge in [-0.25, -0.2) is 4.98 Å². The minimum absolute atomic E-state index is 0.00217. The van der Waals surface area contributed by atoms with E-state index in [9.17, 15) is 9.59 Å². The van der Waals surface area contributed by atoms with Crippen LogP contribution in [0.1, 0.15) is 25.1 Å². The van der Waals surface area contributed by atoms with Crippen molar-refractivity contribution in [1.29, 1.82) is 0 Å². The van der Waals surface area contributed by atoms with E-state index in [1.54, 1.807) is 18.2 Å². The Kier molecular flexibility index (Phi) is 5.54. The first kappa shape index (κ1) is 16.5. The predicted octanol–water partition coefficient (Wildman–Crippen LogP) is 0.321. The van der Waals surface area contributed by atoms with Crippen molar-refractivity contribution >= 4 is 11.8 Å². The average molecular weight is 308 g/mol. The van der Waals surface area contributed by atoms with Crippen LogP contribution in [0.3, 0.4) is 0 Å². The van der Waals surface area contributed by atoms with Crippen LogP contribution in [-0.2, 0) is 20.9 Å². The zero-order chi connectivity index (χ0) is 16.1. The lowest BCUT2D eigenvalue weighted by atomic mass is 10.0. The number of hydrogen-bond donors (Lipinski definition) is 1. The fraction of sp³-hybridized carbons (Fsp3) is 0.667. The molecule has 2 rings (SSSR count). The summed E-state index contributed by atoms with van der Waals surface area (Å²) >= 11 is 0. The van der Waals surface area contributed by atoms with Crippen LogP contribution in [0.15, 0.2) is 12.4 Å². The van der Waals surface area contributed by atoms with Gasteiger partial charge in [0.05, 0.1) is 6.10 Å². The van der Waals surface area contributed by atoms with Gasteiger partial charge in [0, 0.05) is 57.9 Å². The summed E-state index contributed by atoms with van der Waals surface area (Å²) < 4.78 is 7.40. The maximum Gasteiger partial charge on any atom is 0.222 e. The van der Waals surface area contributed by atoms with Crippen molar-refractivity contribution in [3.8, 4) is 0 Å². The quantitative estimate of drug-likeness (QED) is 0.785. The zero-order valence-electron chi connectivity index (χ0n) is 13.2. The normalized spacial score (nSPS) is 21.3. The van der Waals surface area contributed by atoms with Crippen LogP contribution >= 0.6 is 0 Å². The molecule has 7 heteroatoms. The second-order valence-corrected chi connectivity index (χ2v) is 5.77. The number of aromatic nitrogens is 2. The lowest BCUT2D eigenvalue weighted by molar-refractivity contribution is -0.131. The summed E-state index contributed by atoms with van der Waals surface area (Å²) in [5.41, 5.74) is 5.25. The van der Waals surface area contributed by atoms with Gasteiger partial charge in [-0.1, -0.05) is 0 Å². The molecule has 1 saturated heterocycles. The number of likely N-dealkylation sites (tertiary alicyclic amines) is 1. The van der Waals surface area contributed by atoms with Gasteiger partial charge in [0.2, 0.25) is 11.8 Å². The van der Waals surface area contributed by atoms with Crippen molar-refractivity contribution in [3.05, 3.63) is 18.2 Å². The van der Waals surface area contributed by atoms with Crippen LogP contribution in [0.2, 0.25) is 0 Å². The molecule has 1 aromatic heterocycles. The van der Waals surface area contributed by atoms with E-state index < -0.39 is 0 Å². The fourth-order valence-corrected chi connectivity index (χ4v) is 2.97. The SMILES string of the molecule is CO[C@H]1CN(C(=O)CCCn2ccnc2C)C[C@@H]1CC(N)=O. The molecule has 7 nitrogen and oxygen atoms in total. The minimum atomic E-state index is -0.350. The van der Waals surface area contributed by atoms with E-state index >= 15 is 0 Å². The summed E-state index contributed by atoms with van der Waals surface area (Å²) in [5, 5.41) is 0. The zero-order valence-corrected chi connectivity index (χ0v) is 13.2. The first-order valence-corrected chi connectivity index (χ1v) is 7.58. The molecule has 2 N–H and O–H groups in total. The molecule has 0 aliphatic carbocycles. The molecule has 0 saturated carbocycles. The number of nitrogens with two attached hydrogens (primary N) is 1. The molecule has 22 heavy (non-hydrogen) atoms. The molecule has 1 aliphatic heterocycles. The number of ether oxygens (including phenoxy) is 1. The van der Waals surface area contributed by atoms with Crippen molar-refractivity contribution in [2.75, 3.05) is 20.2 Å². The topological polar surface area (TPSA) is 90.4 Å². The molecule has 2 atom stereocenters. The van der Waals surface area contributed by atoms with Gasteiger partial charge >= 0.3 is 0 Å². The summed E-state index contributed by atoms with van der Waals surface area (Å²) in [4.78, 5) is 29.3. The van der Waals surface area contributed by atoms with Crippen molar-refractivity contribution in [2.24, 2.45) is 11.7 Å². The maximum atomic E-state index is 12.3. The smallest absolute Gasteiger partial charge is 0.222 e. The van der Waals surface area contributed by atoms with Crippen LogP contribution in [0, 0.1) is 12.8 Å². The van der Waals surface area contributed by atoms with Gasteiger partial charge in [0.15, 0.2) is 0 Å². The molecule has 0 bridgehead atoms. The van der Waals surface area contributed by atoms with Gasteiger partial charge < -0.3 is 19.9 Å². The minimum Gasteiger partial charge on any atom is -0.379 e. The largest absolute Gasteiger partial charge is 0.379 e. The summed E-state index contributed by atoms with van der Waals surface area (Å²) in [6, 6.07) is 0. The molecule has 2 heterocycles. The highest BCUT2D eigenvalue weighted by atomic mass is 16.5. The van der Waals surface area contributed by atoms with E-state index in [0.29, 0.717) is 19.5 Å². The van der Waals surface area contributed by atoms with Crippen molar-refractivity contribution < 1.29 is 14.3 Å². The number of aryl methyl sites for hydroxylation is 2. The Bertz CT molecular complexity index is 529. The Morgan fingerprint density at radius 2 is 2.23 bits per heavy atom. The van der Waals surface area contributed by atoms with E-state index in [0.717, 1.165) is 18.8 Å². The van der Waals surface area contributed by atoms with Gasteiger partial charge in [-0.3, -0.25) is 9.59 Å². The molecular formula is C15H24N4O3. The number of methoxy groups -OCH3 is 1. The molecule has 0 aromatic carbocycles. The summed E-state index contributed by atoms with van der Waals surface area (Å²) in [5.74, 6) is 0.709. The van der Waals surface area contributed by atoms with Crippen molar-refractivity contribution in [1.82, 2.24) is 14.5 Å². The number of imidazole rings is 1. The van der Waals surface area contributed by atoms with Crippen LogP contribution < -0.4 is 5.73 Å². The van der Waals surface area contributed by atoms with E-state index in [1.165, 1.54) is 0 Å². The number of carbonyl (C=O) groups excluding carboxylic acids is 2. The van der Waals surface area contributed by atoms with Crippen molar-refractivity contribution in [2.45, 2.75) is 38.8 Å². The van der Waals surface area contributed by atoms with E-state index in [-0.39, 0.29) is 30.3 Å². The lowest BCUT2D eigenvalue weighted by Crippen LogP contribution is -2.29.